The third-order valence-corrected chi connectivity index (χ3v) is 24.7. The van der Waals surface area contributed by atoms with Gasteiger partial charge in [-0.2, -0.15) is 0 Å². The molecule has 1 atom stereocenters. The Labute approximate surface area is 743 Å². The summed E-state index contributed by atoms with van der Waals surface area (Å²) in [6.45, 7) is 19.1. The van der Waals surface area contributed by atoms with Crippen LogP contribution < -0.4 is 52.7 Å². The molecule has 7 heterocycles. The van der Waals surface area contributed by atoms with Crippen LogP contribution >= 0.6 is 34.0 Å². The molecule has 0 spiro atoms. The van der Waals surface area contributed by atoms with Gasteiger partial charge in [-0.25, -0.2) is 15.0 Å². The van der Waals surface area contributed by atoms with Crippen LogP contribution in [0.5, 0.6) is 57.5 Å². The van der Waals surface area contributed by atoms with E-state index in [2.05, 4.69) is 160 Å². The number of hydrogen-bond acceptors (Lipinski definition) is 22. The SMILES string of the molecule is C=C(c1csc(CN(Cc2ccc(OC)cc2)Cc2ccc3c(c2)OCO3)n1)N1CCC(C)CC1.COc1ccc(CCN(C)C(=O)c2csc(CN(Cc3ccc(OCc4ccccc4)cc3)Cc3ccc4c(c3)OCO4)n2)cc1OC.Cc1ccc(CN(Cc2ccc3c(c2)OCO3)Cc2nc(C(=O)NC(Cc3ccccc3)c3ccccc3)cs2)cc1. The molecule has 0 aliphatic carbocycles. The molecule has 10 aromatic carbocycles. The summed E-state index contributed by atoms with van der Waals surface area (Å²) in [5.41, 5.74) is 15.6. The van der Waals surface area contributed by atoms with Gasteiger partial charge >= 0.3 is 0 Å². The summed E-state index contributed by atoms with van der Waals surface area (Å²) in [6, 6.07) is 79.5. The van der Waals surface area contributed by atoms with Crippen molar-refractivity contribution in [2.45, 2.75) is 111 Å². The predicted octanol–water partition coefficient (Wildman–Crippen LogP) is 19.9. The maximum atomic E-state index is 13.4. The lowest BCUT2D eigenvalue weighted by molar-refractivity contribution is 0.0790. The normalized spacial score (nSPS) is 13.2. The average Bonchev–Trinajstić information content (AvgIpc) is 1.70. The second-order valence-electron chi connectivity index (χ2n) is 31.5. The summed E-state index contributed by atoms with van der Waals surface area (Å²) in [4.78, 5) is 52.5. The third kappa shape index (κ3) is 24.7. The number of aromatic nitrogens is 3. The van der Waals surface area contributed by atoms with Crippen LogP contribution in [0.3, 0.4) is 0 Å². The zero-order valence-corrected chi connectivity index (χ0v) is 73.9. The lowest BCUT2D eigenvalue weighted by atomic mass is 9.99. The van der Waals surface area contributed by atoms with Crippen molar-refractivity contribution in [2.24, 2.45) is 5.92 Å². The number of carbonyl (C=O) groups is 2. The maximum absolute atomic E-state index is 13.4. The van der Waals surface area contributed by atoms with Crippen molar-refractivity contribution >= 4 is 51.5 Å². The van der Waals surface area contributed by atoms with E-state index in [0.717, 1.165) is 151 Å². The minimum atomic E-state index is -0.164. The Morgan fingerprint density at radius 2 is 0.880 bits per heavy atom. The summed E-state index contributed by atoms with van der Waals surface area (Å²) in [5.74, 6) is 8.27. The number of amides is 2. The van der Waals surface area contributed by atoms with Crippen molar-refractivity contribution in [3.05, 3.63) is 353 Å². The molecule has 1 saturated heterocycles. The van der Waals surface area contributed by atoms with Gasteiger partial charge in [0.25, 0.3) is 11.8 Å². The van der Waals surface area contributed by atoms with E-state index < -0.39 is 0 Å². The molecule has 4 aliphatic rings. The first-order valence-electron chi connectivity index (χ1n) is 42.0. The number of rotatable bonds is 35. The number of methoxy groups -OCH3 is 3. The quantitative estimate of drug-likeness (QED) is 0.0394. The Morgan fingerprint density at radius 1 is 0.456 bits per heavy atom. The smallest absolute Gasteiger partial charge is 0.273 e. The topological polar surface area (TPSA) is 193 Å². The second kappa shape index (κ2) is 43.2. The highest BCUT2D eigenvalue weighted by molar-refractivity contribution is 7.10. The average molecular weight is 1730 g/mol. The molecule has 2 amide bonds. The highest BCUT2D eigenvalue weighted by Gasteiger charge is 2.26. The molecule has 1 N–H and O–H groups in total. The lowest BCUT2D eigenvalue weighted by Gasteiger charge is -2.32. The molecule has 0 bridgehead atoms. The number of piperidine rings is 1. The van der Waals surface area contributed by atoms with Gasteiger partial charge < -0.3 is 62.5 Å². The number of likely N-dealkylation sites (tertiary alicyclic amines) is 1. The molecule has 13 aromatic rings. The second-order valence-corrected chi connectivity index (χ2v) is 34.4. The van der Waals surface area contributed by atoms with E-state index >= 15 is 0 Å². The van der Waals surface area contributed by atoms with Gasteiger partial charge in [0.15, 0.2) is 46.0 Å². The standard InChI is InChI=1S/C38H39N3O6S.C35H33N3O3S.C28H33N3O3S/c1-40(18-17-27-11-15-33(43-2)35(19-27)44-3)38(42)32-25-48-37(39-32)23-41(22-30-12-16-34-36(20-30)47-26-46-34)21-28-9-13-31(14-10-28)45-24-29-7-5-4-6-8-29;1-25-12-14-27(15-13-25)20-38(21-28-16-17-32-33(19-28)41-24-40-32)22-34-36-31(23-42-34)35(39)37-30(29-10-6-3-7-11-29)18-26-8-4-2-5-9-26;1-20-10-12-31(13-11-20)21(2)25-18-35-28(29-25)17-30(15-22-4-7-24(32-3)8-5-22)16-23-6-9-26-27(14-23)34-19-33-26/h4-16,19-20,25H,17-18,21-24,26H2,1-3H3;2-17,19,23,30H,18,20-22,24H2,1H3,(H,37,39);4-9,14,18,20H,2,10-13,15-17,19H2,1,3H3. The van der Waals surface area contributed by atoms with Crippen LogP contribution in [-0.2, 0) is 78.4 Å². The minimum absolute atomic E-state index is 0.105. The molecule has 24 heteroatoms. The Balaban J connectivity index is 0.000000147. The number of nitrogens with zero attached hydrogens (tertiary/aromatic N) is 8. The number of likely N-dealkylation sites (N-methyl/N-ethyl adjacent to an activating group) is 1. The summed E-state index contributed by atoms with van der Waals surface area (Å²) >= 11 is 4.73. The van der Waals surface area contributed by atoms with Crippen molar-refractivity contribution in [1.82, 2.24) is 44.8 Å². The molecule has 4 aliphatic heterocycles. The molecule has 1 fully saturated rings. The van der Waals surface area contributed by atoms with E-state index in [1.807, 2.05) is 138 Å². The van der Waals surface area contributed by atoms with E-state index in [4.69, 9.17) is 62.3 Å². The molecule has 17 rings (SSSR count). The molecular formula is C101H105N9O12S3. The predicted molar refractivity (Wildman–Crippen MR) is 490 cm³/mol. The van der Waals surface area contributed by atoms with Gasteiger partial charge in [0.2, 0.25) is 20.4 Å². The Kier molecular flexibility index (Phi) is 30.2. The molecule has 0 radical (unpaired) electrons. The fourth-order valence-electron chi connectivity index (χ4n) is 15.2. The summed E-state index contributed by atoms with van der Waals surface area (Å²) in [6.07, 6.45) is 3.83. The minimum Gasteiger partial charge on any atom is -0.497 e. The van der Waals surface area contributed by atoms with Crippen molar-refractivity contribution in [1.29, 1.82) is 0 Å². The van der Waals surface area contributed by atoms with Crippen LogP contribution in [0.25, 0.3) is 5.70 Å². The van der Waals surface area contributed by atoms with Crippen LogP contribution in [0.15, 0.2) is 259 Å². The molecule has 21 nitrogen and oxygen atoms in total. The van der Waals surface area contributed by atoms with Crippen molar-refractivity contribution < 1.29 is 57.0 Å². The Hall–Kier alpha value is -12.6. The first-order chi connectivity index (χ1) is 61.1. The maximum Gasteiger partial charge on any atom is 0.273 e. The van der Waals surface area contributed by atoms with Crippen LogP contribution in [0, 0.1) is 12.8 Å². The van der Waals surface area contributed by atoms with Gasteiger partial charge in [-0.05, 0) is 167 Å². The van der Waals surface area contributed by atoms with Gasteiger partial charge in [0.05, 0.1) is 58.4 Å². The number of aryl methyl sites for hydroxylation is 1. The Bertz CT molecular complexity index is 5680. The largest absolute Gasteiger partial charge is 0.497 e. The number of benzene rings is 10. The van der Waals surface area contributed by atoms with E-state index in [-0.39, 0.29) is 38.2 Å². The molecule has 3 aromatic heterocycles. The number of nitrogens with one attached hydrogen (secondary N) is 1. The molecule has 0 saturated carbocycles. The van der Waals surface area contributed by atoms with E-state index in [0.29, 0.717) is 81.6 Å². The van der Waals surface area contributed by atoms with E-state index in [1.165, 1.54) is 63.3 Å². The first kappa shape index (κ1) is 87.4. The van der Waals surface area contributed by atoms with Gasteiger partial charge in [-0.3, -0.25) is 24.3 Å². The van der Waals surface area contributed by atoms with Gasteiger partial charge in [0, 0.05) is 82.1 Å². The summed E-state index contributed by atoms with van der Waals surface area (Å²) < 4.78 is 55.4. The summed E-state index contributed by atoms with van der Waals surface area (Å²) in [5, 5.41) is 12.0. The van der Waals surface area contributed by atoms with Crippen LogP contribution in [-0.4, -0.2) is 120 Å². The molecule has 125 heavy (non-hydrogen) atoms. The molecular weight excluding hydrogens is 1630 g/mol. The van der Waals surface area contributed by atoms with Gasteiger partial charge in [0.1, 0.15) is 44.5 Å². The molecule has 644 valence electrons. The van der Waals surface area contributed by atoms with Crippen LogP contribution in [0.2, 0.25) is 0 Å². The van der Waals surface area contributed by atoms with E-state index in [9.17, 15) is 9.59 Å². The van der Waals surface area contributed by atoms with Crippen molar-refractivity contribution in [3.8, 4) is 57.5 Å². The van der Waals surface area contributed by atoms with Crippen LogP contribution in [0.1, 0.15) is 129 Å². The van der Waals surface area contributed by atoms with Gasteiger partial charge in [-0.15, -0.1) is 34.0 Å². The Morgan fingerprint density at radius 3 is 1.38 bits per heavy atom. The zero-order valence-electron chi connectivity index (χ0n) is 71.5. The monoisotopic (exact) mass is 1730 g/mol. The number of carbonyl (C=O) groups excluding carboxylic acids is 2. The van der Waals surface area contributed by atoms with Gasteiger partial charge in [-0.1, -0.05) is 183 Å². The highest BCUT2D eigenvalue weighted by Crippen LogP contribution is 2.38. The van der Waals surface area contributed by atoms with E-state index in [1.54, 1.807) is 44.6 Å². The highest BCUT2D eigenvalue weighted by atomic mass is 32.1. The van der Waals surface area contributed by atoms with Crippen molar-refractivity contribution in [3.63, 3.8) is 0 Å². The molecule has 1 unspecified atom stereocenters. The fraction of sp³-hybridized carbons (Fsp3) is 0.277. The fourth-order valence-corrected chi connectivity index (χ4v) is 17.6. The number of fused-ring (bicyclic) bond motifs is 3. The summed E-state index contributed by atoms with van der Waals surface area (Å²) in [7, 11) is 6.73. The number of ether oxygens (including phenoxy) is 10. The number of hydrogen-bond donors (Lipinski definition) is 1. The van der Waals surface area contributed by atoms with Crippen LogP contribution in [0.4, 0.5) is 0 Å². The lowest BCUT2D eigenvalue weighted by Crippen LogP contribution is -2.31. The number of thiazole rings is 3. The third-order valence-electron chi connectivity index (χ3n) is 22.2. The van der Waals surface area contributed by atoms with Crippen molar-refractivity contribution in [2.75, 3.05) is 68.4 Å². The first-order valence-corrected chi connectivity index (χ1v) is 44.7. The zero-order chi connectivity index (χ0) is 86.2.